The number of nitrogens with one attached hydrogen (secondary N) is 1. The SMILES string of the molecule is Cl.OCCSc1nc2c(c(NCC(O)c3ccccc3Cl)n1)CCCC2. The second kappa shape index (κ2) is 10.3. The molecule has 5 nitrogen and oxygen atoms in total. The molecule has 0 fully saturated rings. The van der Waals surface area contributed by atoms with Crippen molar-refractivity contribution in [2.45, 2.75) is 36.9 Å². The Morgan fingerprint density at radius 1 is 1.19 bits per heavy atom. The van der Waals surface area contributed by atoms with Crippen LogP contribution in [0.15, 0.2) is 29.4 Å². The molecule has 1 aliphatic rings. The summed E-state index contributed by atoms with van der Waals surface area (Å²) in [5.74, 6) is 1.36. The monoisotopic (exact) mass is 415 g/mol. The number of rotatable bonds is 7. The van der Waals surface area contributed by atoms with Gasteiger partial charge in [0.1, 0.15) is 5.82 Å². The van der Waals surface area contributed by atoms with Crippen LogP contribution in [0, 0.1) is 0 Å². The van der Waals surface area contributed by atoms with E-state index in [2.05, 4.69) is 15.3 Å². The van der Waals surface area contributed by atoms with Crippen molar-refractivity contribution in [3.63, 3.8) is 0 Å². The van der Waals surface area contributed by atoms with Crippen LogP contribution < -0.4 is 5.32 Å². The molecule has 0 saturated heterocycles. The van der Waals surface area contributed by atoms with Crippen molar-refractivity contribution in [2.75, 3.05) is 24.2 Å². The minimum absolute atomic E-state index is 0. The average Bonchev–Trinajstić information content (AvgIpc) is 2.64. The summed E-state index contributed by atoms with van der Waals surface area (Å²) in [6, 6.07) is 7.31. The molecule has 26 heavy (non-hydrogen) atoms. The largest absolute Gasteiger partial charge is 0.396 e. The van der Waals surface area contributed by atoms with E-state index in [0.717, 1.165) is 42.8 Å². The van der Waals surface area contributed by atoms with Crippen LogP contribution in [0.1, 0.15) is 35.8 Å². The van der Waals surface area contributed by atoms with Gasteiger partial charge in [-0.1, -0.05) is 41.6 Å². The molecule has 0 radical (unpaired) electrons. The van der Waals surface area contributed by atoms with Gasteiger partial charge in [-0.05, 0) is 31.7 Å². The molecule has 8 heteroatoms. The Bertz CT molecular complexity index is 734. The number of benzene rings is 1. The standard InChI is InChI=1S/C18H22ClN3O2S.ClH/c19-14-7-3-1-5-12(14)16(24)11-20-17-13-6-2-4-8-15(13)21-18(22-17)25-10-9-23;/h1,3,5,7,16,23-24H,2,4,6,8-11H2,(H,20,21,22);1H. The lowest BCUT2D eigenvalue weighted by Gasteiger charge is -2.21. The maximum Gasteiger partial charge on any atom is 0.189 e. The highest BCUT2D eigenvalue weighted by Gasteiger charge is 2.19. The topological polar surface area (TPSA) is 78.3 Å². The maximum atomic E-state index is 10.4. The predicted molar refractivity (Wildman–Crippen MR) is 109 cm³/mol. The van der Waals surface area contributed by atoms with Gasteiger partial charge in [0.15, 0.2) is 5.16 Å². The molecule has 1 aromatic heterocycles. The number of aryl methyl sites for hydroxylation is 1. The molecule has 3 N–H and O–H groups in total. The Kier molecular flexibility index (Phi) is 8.44. The fourth-order valence-corrected chi connectivity index (χ4v) is 3.83. The van der Waals surface area contributed by atoms with Crippen molar-refractivity contribution in [3.05, 3.63) is 46.1 Å². The van der Waals surface area contributed by atoms with Crippen molar-refractivity contribution in [2.24, 2.45) is 0 Å². The summed E-state index contributed by atoms with van der Waals surface area (Å²) in [7, 11) is 0. The van der Waals surface area contributed by atoms with Crippen LogP contribution in [0.5, 0.6) is 0 Å². The van der Waals surface area contributed by atoms with Gasteiger partial charge in [0, 0.05) is 28.4 Å². The minimum atomic E-state index is -0.712. The molecule has 142 valence electrons. The molecule has 0 bridgehead atoms. The molecule has 1 atom stereocenters. The normalized spacial score (nSPS) is 14.3. The first-order valence-corrected chi connectivity index (χ1v) is 9.85. The number of hydrogen-bond donors (Lipinski definition) is 3. The summed E-state index contributed by atoms with van der Waals surface area (Å²) >= 11 is 7.60. The van der Waals surface area contributed by atoms with Gasteiger partial charge >= 0.3 is 0 Å². The Balaban J connectivity index is 0.00000243. The van der Waals surface area contributed by atoms with Gasteiger partial charge in [0.2, 0.25) is 0 Å². The highest BCUT2D eigenvalue weighted by Crippen LogP contribution is 2.29. The molecule has 2 aromatic rings. The lowest BCUT2D eigenvalue weighted by atomic mass is 9.96. The molecule has 1 unspecified atom stereocenters. The zero-order chi connectivity index (χ0) is 17.6. The van der Waals surface area contributed by atoms with Crippen LogP contribution in [0.3, 0.4) is 0 Å². The smallest absolute Gasteiger partial charge is 0.189 e. The van der Waals surface area contributed by atoms with Crippen LogP contribution in [0.25, 0.3) is 0 Å². The number of thioether (sulfide) groups is 1. The number of nitrogens with zero attached hydrogens (tertiary/aromatic N) is 2. The molecule has 0 aliphatic heterocycles. The van der Waals surface area contributed by atoms with Gasteiger partial charge in [0.05, 0.1) is 18.4 Å². The predicted octanol–water partition coefficient (Wildman–Crippen LogP) is 3.66. The van der Waals surface area contributed by atoms with E-state index in [1.54, 1.807) is 6.07 Å². The molecular weight excluding hydrogens is 393 g/mol. The van der Waals surface area contributed by atoms with E-state index in [1.807, 2.05) is 18.2 Å². The van der Waals surface area contributed by atoms with Crippen LogP contribution in [0.4, 0.5) is 5.82 Å². The highest BCUT2D eigenvalue weighted by molar-refractivity contribution is 7.99. The van der Waals surface area contributed by atoms with Gasteiger partial charge in [-0.2, -0.15) is 0 Å². The molecule has 1 heterocycles. The third-order valence-corrected chi connectivity index (χ3v) is 5.38. The molecule has 0 spiro atoms. The van der Waals surface area contributed by atoms with Crippen molar-refractivity contribution in [3.8, 4) is 0 Å². The number of aromatic nitrogens is 2. The minimum Gasteiger partial charge on any atom is -0.396 e. The Labute approximate surface area is 169 Å². The number of hydrogen-bond acceptors (Lipinski definition) is 6. The van der Waals surface area contributed by atoms with E-state index in [0.29, 0.717) is 28.0 Å². The summed E-state index contributed by atoms with van der Waals surface area (Å²) in [4.78, 5) is 9.23. The van der Waals surface area contributed by atoms with Gasteiger partial charge < -0.3 is 15.5 Å². The molecule has 1 aliphatic carbocycles. The van der Waals surface area contributed by atoms with Crippen molar-refractivity contribution >= 4 is 41.6 Å². The first-order chi connectivity index (χ1) is 12.2. The Morgan fingerprint density at radius 2 is 1.96 bits per heavy atom. The van der Waals surface area contributed by atoms with E-state index in [1.165, 1.54) is 11.8 Å². The van der Waals surface area contributed by atoms with E-state index < -0.39 is 6.10 Å². The van der Waals surface area contributed by atoms with E-state index in [-0.39, 0.29) is 19.0 Å². The number of halogens is 2. The highest BCUT2D eigenvalue weighted by atomic mass is 35.5. The lowest BCUT2D eigenvalue weighted by molar-refractivity contribution is 0.191. The summed E-state index contributed by atoms with van der Waals surface area (Å²) in [6.45, 7) is 0.427. The second-order valence-electron chi connectivity index (χ2n) is 5.98. The van der Waals surface area contributed by atoms with Crippen LogP contribution in [-0.2, 0) is 12.8 Å². The van der Waals surface area contributed by atoms with Crippen molar-refractivity contribution in [1.82, 2.24) is 9.97 Å². The van der Waals surface area contributed by atoms with Crippen LogP contribution in [-0.4, -0.2) is 39.1 Å². The van der Waals surface area contributed by atoms with Crippen LogP contribution in [0.2, 0.25) is 5.02 Å². The summed E-state index contributed by atoms with van der Waals surface area (Å²) < 4.78 is 0. The third-order valence-electron chi connectivity index (χ3n) is 4.21. The van der Waals surface area contributed by atoms with E-state index >= 15 is 0 Å². The maximum absolute atomic E-state index is 10.4. The first kappa shape index (κ1) is 21.3. The zero-order valence-corrected chi connectivity index (χ0v) is 16.7. The average molecular weight is 416 g/mol. The zero-order valence-electron chi connectivity index (χ0n) is 14.3. The van der Waals surface area contributed by atoms with Crippen LogP contribution >= 0.6 is 35.8 Å². The quantitative estimate of drug-likeness (QED) is 0.472. The number of fused-ring (bicyclic) bond motifs is 1. The Morgan fingerprint density at radius 3 is 2.73 bits per heavy atom. The van der Waals surface area contributed by atoms with Gasteiger partial charge in [0.25, 0.3) is 0 Å². The van der Waals surface area contributed by atoms with Gasteiger partial charge in [-0.15, -0.1) is 12.4 Å². The second-order valence-corrected chi connectivity index (χ2v) is 7.45. The Hall–Kier alpha value is -1.05. The third kappa shape index (κ3) is 5.24. The first-order valence-electron chi connectivity index (χ1n) is 8.49. The molecule has 1 aromatic carbocycles. The summed E-state index contributed by atoms with van der Waals surface area (Å²) in [5, 5.41) is 24.0. The number of aliphatic hydroxyl groups excluding tert-OH is 2. The fraction of sp³-hybridized carbons (Fsp3) is 0.444. The van der Waals surface area contributed by atoms with Gasteiger partial charge in [-0.3, -0.25) is 0 Å². The number of aliphatic hydroxyl groups is 2. The fourth-order valence-electron chi connectivity index (χ4n) is 2.97. The van der Waals surface area contributed by atoms with Gasteiger partial charge in [-0.25, -0.2) is 9.97 Å². The van der Waals surface area contributed by atoms with E-state index in [9.17, 15) is 5.11 Å². The van der Waals surface area contributed by atoms with Crippen molar-refractivity contribution in [1.29, 1.82) is 0 Å². The summed E-state index contributed by atoms with van der Waals surface area (Å²) in [5.41, 5.74) is 2.93. The molecule has 0 saturated carbocycles. The molecule has 0 amide bonds. The van der Waals surface area contributed by atoms with Crippen molar-refractivity contribution < 1.29 is 10.2 Å². The number of anilines is 1. The lowest BCUT2D eigenvalue weighted by Crippen LogP contribution is -2.18. The summed E-state index contributed by atoms with van der Waals surface area (Å²) in [6.07, 6.45) is 3.45. The van der Waals surface area contributed by atoms with E-state index in [4.69, 9.17) is 16.7 Å². The molecule has 3 rings (SSSR count). The molecular formula is C18H23Cl2N3O2S.